The van der Waals surface area contributed by atoms with Gasteiger partial charge in [0.05, 0.1) is 5.02 Å². The van der Waals surface area contributed by atoms with Crippen molar-refractivity contribution >= 4 is 17.5 Å². The van der Waals surface area contributed by atoms with E-state index in [4.69, 9.17) is 16.3 Å². The second kappa shape index (κ2) is 7.84. The van der Waals surface area contributed by atoms with Gasteiger partial charge in [-0.1, -0.05) is 24.6 Å². The van der Waals surface area contributed by atoms with Crippen molar-refractivity contribution in [2.24, 2.45) is 0 Å². The number of hydrogen-bond acceptors (Lipinski definition) is 3. The number of carbonyl (C=O) groups is 1. The van der Waals surface area contributed by atoms with Crippen LogP contribution >= 0.6 is 11.6 Å². The van der Waals surface area contributed by atoms with E-state index in [9.17, 15) is 4.79 Å². The predicted octanol–water partition coefficient (Wildman–Crippen LogP) is 3.02. The van der Waals surface area contributed by atoms with E-state index in [2.05, 4.69) is 17.1 Å². The lowest BCUT2D eigenvalue weighted by Crippen LogP contribution is -2.48. The molecule has 1 amide bonds. The third kappa shape index (κ3) is 4.62. The van der Waals surface area contributed by atoms with Crippen molar-refractivity contribution in [3.05, 3.63) is 28.8 Å². The van der Waals surface area contributed by atoms with E-state index in [1.807, 2.05) is 19.1 Å². The number of rotatable bonds is 5. The number of benzene rings is 1. The van der Waals surface area contributed by atoms with E-state index < -0.39 is 6.10 Å². The highest BCUT2D eigenvalue weighted by atomic mass is 35.5. The number of nitrogens with one attached hydrogen (secondary N) is 1. The molecular weight excluding hydrogens is 300 g/mol. The van der Waals surface area contributed by atoms with Gasteiger partial charge in [-0.2, -0.15) is 0 Å². The zero-order valence-corrected chi connectivity index (χ0v) is 14.3. The monoisotopic (exact) mass is 324 g/mol. The molecule has 1 N–H and O–H groups in total. The summed E-state index contributed by atoms with van der Waals surface area (Å²) in [6.07, 6.45) is 1.44. The predicted molar refractivity (Wildman–Crippen MR) is 89.6 cm³/mol. The van der Waals surface area contributed by atoms with Crippen molar-refractivity contribution < 1.29 is 9.53 Å². The van der Waals surface area contributed by atoms with Crippen LogP contribution < -0.4 is 10.1 Å². The smallest absolute Gasteiger partial charge is 0.260 e. The topological polar surface area (TPSA) is 41.6 Å². The van der Waals surface area contributed by atoms with E-state index in [-0.39, 0.29) is 11.9 Å². The van der Waals surface area contributed by atoms with Crippen LogP contribution in [0.3, 0.4) is 0 Å². The molecule has 1 aliphatic rings. The average molecular weight is 325 g/mol. The maximum Gasteiger partial charge on any atom is 0.260 e. The number of hydrogen-bond donors (Lipinski definition) is 1. The van der Waals surface area contributed by atoms with Gasteiger partial charge in [-0.3, -0.25) is 4.79 Å². The van der Waals surface area contributed by atoms with Crippen LogP contribution in [-0.4, -0.2) is 42.6 Å². The quantitative estimate of drug-likeness (QED) is 0.905. The van der Waals surface area contributed by atoms with E-state index in [1.165, 1.54) is 0 Å². The van der Waals surface area contributed by atoms with Crippen LogP contribution in [0.15, 0.2) is 18.2 Å². The lowest BCUT2D eigenvalue weighted by atomic mass is 10.0. The molecule has 1 saturated heterocycles. The fourth-order valence-corrected chi connectivity index (χ4v) is 2.82. The van der Waals surface area contributed by atoms with Crippen LogP contribution in [0.2, 0.25) is 5.02 Å². The van der Waals surface area contributed by atoms with Gasteiger partial charge in [0.1, 0.15) is 5.75 Å². The third-order valence-electron chi connectivity index (χ3n) is 4.14. The van der Waals surface area contributed by atoms with Gasteiger partial charge in [-0.05, 0) is 50.9 Å². The Kier molecular flexibility index (Phi) is 6.09. The Balaban J connectivity index is 1.86. The van der Waals surface area contributed by atoms with E-state index >= 15 is 0 Å². The fraction of sp³-hybridized carbons (Fsp3) is 0.588. The Labute approximate surface area is 137 Å². The van der Waals surface area contributed by atoms with Gasteiger partial charge in [0.15, 0.2) is 6.10 Å². The zero-order valence-electron chi connectivity index (χ0n) is 13.6. The molecule has 122 valence electrons. The van der Waals surface area contributed by atoms with Crippen LogP contribution in [0.4, 0.5) is 0 Å². The van der Waals surface area contributed by atoms with E-state index in [1.54, 1.807) is 13.0 Å². The highest BCUT2D eigenvalue weighted by Crippen LogP contribution is 2.26. The first-order valence-electron chi connectivity index (χ1n) is 7.95. The van der Waals surface area contributed by atoms with Crippen molar-refractivity contribution in [1.29, 1.82) is 0 Å². The zero-order chi connectivity index (χ0) is 16.1. The molecule has 0 radical (unpaired) electrons. The first-order valence-corrected chi connectivity index (χ1v) is 8.33. The van der Waals surface area contributed by atoms with Gasteiger partial charge in [-0.15, -0.1) is 0 Å². The Morgan fingerprint density at radius 1 is 1.45 bits per heavy atom. The molecule has 4 nitrogen and oxygen atoms in total. The number of halogens is 1. The third-order valence-corrected chi connectivity index (χ3v) is 4.45. The van der Waals surface area contributed by atoms with Gasteiger partial charge in [0.25, 0.3) is 5.91 Å². The van der Waals surface area contributed by atoms with Crippen LogP contribution in [0.5, 0.6) is 5.75 Å². The molecule has 1 fully saturated rings. The second-order valence-corrected chi connectivity index (χ2v) is 6.32. The van der Waals surface area contributed by atoms with Gasteiger partial charge in [-0.25, -0.2) is 0 Å². The van der Waals surface area contributed by atoms with Gasteiger partial charge in [0.2, 0.25) is 0 Å². The standard InChI is InChI=1S/C17H25ClN2O2/c1-4-20-9-7-14(8-10-20)19-17(21)13(3)22-16-11-12(2)5-6-15(16)18/h5-6,11,13-14H,4,7-10H2,1-3H3,(H,19,21). The Morgan fingerprint density at radius 2 is 2.14 bits per heavy atom. The van der Waals surface area contributed by atoms with Crippen LogP contribution in [0.1, 0.15) is 32.3 Å². The highest BCUT2D eigenvalue weighted by molar-refractivity contribution is 6.32. The molecule has 1 unspecified atom stereocenters. The SMILES string of the molecule is CCN1CCC(NC(=O)C(C)Oc2cc(C)ccc2Cl)CC1. The fourth-order valence-electron chi connectivity index (χ4n) is 2.66. The van der Waals surface area contributed by atoms with Crippen LogP contribution in [0, 0.1) is 6.92 Å². The summed E-state index contributed by atoms with van der Waals surface area (Å²) in [6.45, 7) is 9.05. The van der Waals surface area contributed by atoms with Gasteiger partial charge >= 0.3 is 0 Å². The summed E-state index contributed by atoms with van der Waals surface area (Å²) in [4.78, 5) is 14.7. The molecular formula is C17H25ClN2O2. The van der Waals surface area contributed by atoms with Crippen LogP contribution in [0.25, 0.3) is 0 Å². The highest BCUT2D eigenvalue weighted by Gasteiger charge is 2.23. The molecule has 0 saturated carbocycles. The lowest BCUT2D eigenvalue weighted by Gasteiger charge is -2.32. The summed E-state index contributed by atoms with van der Waals surface area (Å²) >= 11 is 6.11. The first-order chi connectivity index (χ1) is 10.5. The molecule has 0 spiro atoms. The van der Waals surface area contributed by atoms with Gasteiger partial charge < -0.3 is 15.0 Å². The van der Waals surface area contributed by atoms with Crippen molar-refractivity contribution in [3.8, 4) is 5.75 Å². The first kappa shape index (κ1) is 17.1. The molecule has 1 heterocycles. The molecule has 5 heteroatoms. The maximum absolute atomic E-state index is 12.3. The molecule has 0 bridgehead atoms. The van der Waals surface area contributed by atoms with Crippen molar-refractivity contribution in [1.82, 2.24) is 10.2 Å². The summed E-state index contributed by atoms with van der Waals surface area (Å²) in [7, 11) is 0. The molecule has 1 aliphatic heterocycles. The van der Waals surface area contributed by atoms with Crippen molar-refractivity contribution in [2.75, 3.05) is 19.6 Å². The Bertz CT molecular complexity index is 513. The number of likely N-dealkylation sites (tertiary alicyclic amines) is 1. The summed E-state index contributed by atoms with van der Waals surface area (Å²) in [5, 5.41) is 3.61. The number of ether oxygens (including phenoxy) is 1. The number of carbonyl (C=O) groups excluding carboxylic acids is 1. The van der Waals surface area contributed by atoms with E-state index in [0.717, 1.165) is 38.0 Å². The molecule has 1 aromatic carbocycles. The largest absolute Gasteiger partial charge is 0.479 e. The van der Waals surface area contributed by atoms with E-state index in [0.29, 0.717) is 10.8 Å². The lowest BCUT2D eigenvalue weighted by molar-refractivity contribution is -0.128. The molecule has 1 aromatic rings. The number of piperidine rings is 1. The van der Waals surface area contributed by atoms with Gasteiger partial charge in [0, 0.05) is 19.1 Å². The van der Waals surface area contributed by atoms with Crippen LogP contribution in [-0.2, 0) is 4.79 Å². The van der Waals surface area contributed by atoms with Crippen molar-refractivity contribution in [2.45, 2.75) is 45.8 Å². The minimum absolute atomic E-state index is 0.0764. The number of aryl methyl sites for hydroxylation is 1. The number of nitrogens with zero attached hydrogens (tertiary/aromatic N) is 1. The second-order valence-electron chi connectivity index (χ2n) is 5.91. The minimum Gasteiger partial charge on any atom is -0.479 e. The normalized spacial score (nSPS) is 18.0. The Morgan fingerprint density at radius 3 is 2.77 bits per heavy atom. The molecule has 22 heavy (non-hydrogen) atoms. The maximum atomic E-state index is 12.3. The summed E-state index contributed by atoms with van der Waals surface area (Å²) < 4.78 is 5.72. The number of amides is 1. The molecule has 2 rings (SSSR count). The minimum atomic E-state index is -0.552. The van der Waals surface area contributed by atoms with Crippen molar-refractivity contribution in [3.63, 3.8) is 0 Å². The summed E-state index contributed by atoms with van der Waals surface area (Å²) in [5.41, 5.74) is 1.05. The average Bonchev–Trinajstić information content (AvgIpc) is 2.51. The summed E-state index contributed by atoms with van der Waals surface area (Å²) in [6, 6.07) is 5.80. The molecule has 0 aromatic heterocycles. The molecule has 1 atom stereocenters. The Hall–Kier alpha value is -1.26. The summed E-state index contributed by atoms with van der Waals surface area (Å²) in [5.74, 6) is 0.484. The molecule has 0 aliphatic carbocycles.